The molecule has 6 heteroatoms. The SMILES string of the molecule is CC(C)c1ccc(/C=C/C(=O)NC(=S)Nc2ccc(N3Cc4ccccc4C3=O)cc2)cc1. The Morgan fingerprint density at radius 3 is 2.36 bits per heavy atom. The molecule has 0 aromatic heterocycles. The summed E-state index contributed by atoms with van der Waals surface area (Å²) in [6.07, 6.45) is 3.21. The molecule has 0 unspecified atom stereocenters. The van der Waals surface area contributed by atoms with Gasteiger partial charge < -0.3 is 10.2 Å². The van der Waals surface area contributed by atoms with E-state index in [1.807, 2.05) is 60.7 Å². The van der Waals surface area contributed by atoms with Crippen LogP contribution in [0.15, 0.2) is 78.9 Å². The molecule has 0 saturated carbocycles. The zero-order chi connectivity index (χ0) is 23.4. The number of carbonyl (C=O) groups is 2. The van der Waals surface area contributed by atoms with E-state index in [2.05, 4.69) is 36.6 Å². The molecule has 2 N–H and O–H groups in total. The van der Waals surface area contributed by atoms with E-state index in [4.69, 9.17) is 12.2 Å². The first kappa shape index (κ1) is 22.4. The predicted octanol–water partition coefficient (Wildman–Crippen LogP) is 5.50. The van der Waals surface area contributed by atoms with Crippen molar-refractivity contribution in [2.75, 3.05) is 10.2 Å². The zero-order valence-electron chi connectivity index (χ0n) is 18.5. The van der Waals surface area contributed by atoms with Crippen LogP contribution in [0.1, 0.15) is 46.8 Å². The maximum absolute atomic E-state index is 12.6. The molecule has 0 radical (unpaired) electrons. The average molecular weight is 456 g/mol. The number of hydrogen-bond donors (Lipinski definition) is 2. The van der Waals surface area contributed by atoms with E-state index < -0.39 is 0 Å². The Bertz CT molecular complexity index is 1210. The van der Waals surface area contributed by atoms with Gasteiger partial charge in [0.2, 0.25) is 5.91 Å². The van der Waals surface area contributed by atoms with Crippen molar-refractivity contribution >= 4 is 46.6 Å². The smallest absolute Gasteiger partial charge is 0.258 e. The molecule has 3 aromatic carbocycles. The second-order valence-corrected chi connectivity index (χ2v) is 8.60. The van der Waals surface area contributed by atoms with Gasteiger partial charge in [-0.3, -0.25) is 14.9 Å². The number of amides is 2. The lowest BCUT2D eigenvalue weighted by Crippen LogP contribution is -2.32. The molecule has 1 heterocycles. The number of thiocarbonyl (C=S) groups is 1. The molecule has 0 aliphatic carbocycles. The number of fused-ring (bicyclic) bond motifs is 1. The van der Waals surface area contributed by atoms with E-state index >= 15 is 0 Å². The Morgan fingerprint density at radius 1 is 1.00 bits per heavy atom. The highest BCUT2D eigenvalue weighted by molar-refractivity contribution is 7.80. The van der Waals surface area contributed by atoms with Gasteiger partial charge in [0.15, 0.2) is 5.11 Å². The molecule has 0 saturated heterocycles. The molecule has 33 heavy (non-hydrogen) atoms. The van der Waals surface area contributed by atoms with Gasteiger partial charge in [0.1, 0.15) is 0 Å². The molecule has 0 atom stereocenters. The zero-order valence-corrected chi connectivity index (χ0v) is 19.4. The minimum Gasteiger partial charge on any atom is -0.332 e. The number of nitrogens with one attached hydrogen (secondary N) is 2. The van der Waals surface area contributed by atoms with Gasteiger partial charge in [-0.2, -0.15) is 0 Å². The van der Waals surface area contributed by atoms with Crippen molar-refractivity contribution in [3.05, 3.63) is 101 Å². The summed E-state index contributed by atoms with van der Waals surface area (Å²) in [5, 5.41) is 5.85. The van der Waals surface area contributed by atoms with Crippen LogP contribution >= 0.6 is 12.2 Å². The first-order valence-corrected chi connectivity index (χ1v) is 11.2. The summed E-state index contributed by atoms with van der Waals surface area (Å²) in [6.45, 7) is 4.85. The Labute approximate surface area is 199 Å². The predicted molar refractivity (Wildman–Crippen MR) is 137 cm³/mol. The second-order valence-electron chi connectivity index (χ2n) is 8.19. The van der Waals surface area contributed by atoms with E-state index in [1.165, 1.54) is 11.6 Å². The van der Waals surface area contributed by atoms with Crippen molar-refractivity contribution in [2.45, 2.75) is 26.3 Å². The summed E-state index contributed by atoms with van der Waals surface area (Å²) in [6, 6.07) is 23.1. The minimum absolute atomic E-state index is 0.000253. The third-order valence-electron chi connectivity index (χ3n) is 5.53. The monoisotopic (exact) mass is 455 g/mol. The van der Waals surface area contributed by atoms with Crippen molar-refractivity contribution in [3.63, 3.8) is 0 Å². The van der Waals surface area contributed by atoms with Crippen LogP contribution in [0.4, 0.5) is 11.4 Å². The van der Waals surface area contributed by atoms with Crippen LogP contribution in [-0.4, -0.2) is 16.9 Å². The summed E-state index contributed by atoms with van der Waals surface area (Å²) < 4.78 is 0. The molecule has 2 amide bonds. The Kier molecular flexibility index (Phi) is 6.66. The molecule has 0 spiro atoms. The number of anilines is 2. The number of carbonyl (C=O) groups excluding carboxylic acids is 2. The Balaban J connectivity index is 1.31. The molecular weight excluding hydrogens is 430 g/mol. The summed E-state index contributed by atoms with van der Waals surface area (Å²) in [4.78, 5) is 26.6. The van der Waals surface area contributed by atoms with Gasteiger partial charge in [0.05, 0.1) is 6.54 Å². The highest BCUT2D eigenvalue weighted by atomic mass is 32.1. The maximum Gasteiger partial charge on any atom is 0.258 e. The van der Waals surface area contributed by atoms with Crippen molar-refractivity contribution in [3.8, 4) is 0 Å². The van der Waals surface area contributed by atoms with Crippen LogP contribution in [0.3, 0.4) is 0 Å². The van der Waals surface area contributed by atoms with Crippen LogP contribution in [0.2, 0.25) is 0 Å². The van der Waals surface area contributed by atoms with Crippen LogP contribution < -0.4 is 15.5 Å². The second kappa shape index (κ2) is 9.79. The normalized spacial score (nSPS) is 12.8. The number of benzene rings is 3. The fraction of sp³-hybridized carbons (Fsp3) is 0.148. The average Bonchev–Trinajstić information content (AvgIpc) is 3.15. The molecule has 4 rings (SSSR count). The topological polar surface area (TPSA) is 61.4 Å². The van der Waals surface area contributed by atoms with Gasteiger partial charge in [-0.05, 0) is 71.2 Å². The summed E-state index contributed by atoms with van der Waals surface area (Å²) in [7, 11) is 0. The maximum atomic E-state index is 12.6. The van der Waals surface area contributed by atoms with Gasteiger partial charge in [0, 0.05) is 23.0 Å². The quantitative estimate of drug-likeness (QED) is 0.394. The molecule has 3 aromatic rings. The summed E-state index contributed by atoms with van der Waals surface area (Å²) in [5.74, 6) is 0.160. The third-order valence-corrected chi connectivity index (χ3v) is 5.73. The molecule has 1 aliphatic heterocycles. The molecular formula is C27H25N3O2S. The lowest BCUT2D eigenvalue weighted by atomic mass is 10.0. The van der Waals surface area contributed by atoms with E-state index in [-0.39, 0.29) is 16.9 Å². The highest BCUT2D eigenvalue weighted by Crippen LogP contribution is 2.28. The Morgan fingerprint density at radius 2 is 1.70 bits per heavy atom. The first-order chi connectivity index (χ1) is 15.9. The fourth-order valence-corrected chi connectivity index (χ4v) is 3.89. The molecule has 5 nitrogen and oxygen atoms in total. The highest BCUT2D eigenvalue weighted by Gasteiger charge is 2.27. The van der Waals surface area contributed by atoms with Gasteiger partial charge >= 0.3 is 0 Å². The first-order valence-electron chi connectivity index (χ1n) is 10.8. The van der Waals surface area contributed by atoms with Crippen LogP contribution in [0.5, 0.6) is 0 Å². The number of nitrogens with zero attached hydrogens (tertiary/aromatic N) is 1. The van der Waals surface area contributed by atoms with E-state index in [0.717, 1.165) is 28.1 Å². The van der Waals surface area contributed by atoms with Crippen LogP contribution in [0.25, 0.3) is 6.08 Å². The minimum atomic E-state index is -0.308. The van der Waals surface area contributed by atoms with Crippen LogP contribution in [0, 0.1) is 0 Å². The van der Waals surface area contributed by atoms with Crippen molar-refractivity contribution in [1.82, 2.24) is 5.32 Å². The van der Waals surface area contributed by atoms with Gasteiger partial charge in [-0.25, -0.2) is 0 Å². The van der Waals surface area contributed by atoms with Gasteiger partial charge in [-0.15, -0.1) is 0 Å². The third kappa shape index (κ3) is 5.35. The van der Waals surface area contributed by atoms with E-state index in [0.29, 0.717) is 12.5 Å². The largest absolute Gasteiger partial charge is 0.332 e. The number of hydrogen-bond acceptors (Lipinski definition) is 3. The lowest BCUT2D eigenvalue weighted by molar-refractivity contribution is -0.115. The summed E-state index contributed by atoms with van der Waals surface area (Å²) >= 11 is 5.25. The van der Waals surface area contributed by atoms with Gasteiger partial charge in [0.25, 0.3) is 5.91 Å². The van der Waals surface area contributed by atoms with Crippen LogP contribution in [-0.2, 0) is 11.3 Å². The van der Waals surface area contributed by atoms with Crippen molar-refractivity contribution < 1.29 is 9.59 Å². The Hall–Kier alpha value is -3.77. The number of rotatable bonds is 5. The summed E-state index contributed by atoms with van der Waals surface area (Å²) in [5.41, 5.74) is 5.50. The molecule has 0 bridgehead atoms. The van der Waals surface area contributed by atoms with E-state index in [1.54, 1.807) is 11.0 Å². The lowest BCUT2D eigenvalue weighted by Gasteiger charge is -2.16. The van der Waals surface area contributed by atoms with Crippen molar-refractivity contribution in [1.29, 1.82) is 0 Å². The molecule has 1 aliphatic rings. The van der Waals surface area contributed by atoms with Gasteiger partial charge in [-0.1, -0.05) is 56.3 Å². The van der Waals surface area contributed by atoms with E-state index in [9.17, 15) is 9.59 Å². The molecule has 166 valence electrons. The van der Waals surface area contributed by atoms with Crippen molar-refractivity contribution in [2.24, 2.45) is 0 Å². The standard InChI is InChI=1S/C27H25N3O2S/c1-18(2)20-10-7-19(8-11-20)9-16-25(31)29-27(33)28-22-12-14-23(15-13-22)30-17-21-5-3-4-6-24(21)26(30)32/h3-16,18H,17H2,1-2H3,(H2,28,29,31,33)/b16-9+. The molecule has 0 fully saturated rings. The fourth-order valence-electron chi connectivity index (χ4n) is 3.67.